The first-order valence-electron chi connectivity index (χ1n) is 6.64. The second-order valence-electron chi connectivity index (χ2n) is 4.61. The molecule has 0 atom stereocenters. The fraction of sp³-hybridized carbons (Fsp3) is 0.118. The summed E-state index contributed by atoms with van der Waals surface area (Å²) >= 11 is 0. The highest BCUT2D eigenvalue weighted by molar-refractivity contribution is 6.02. The Balaban J connectivity index is 2.04. The van der Waals surface area contributed by atoms with Crippen LogP contribution in [0, 0.1) is 6.92 Å². The van der Waals surface area contributed by atoms with Crippen molar-refractivity contribution >= 4 is 17.7 Å². The van der Waals surface area contributed by atoms with Gasteiger partial charge >= 0.3 is 6.61 Å². The lowest BCUT2D eigenvalue weighted by Gasteiger charge is -2.10. The van der Waals surface area contributed by atoms with Crippen molar-refractivity contribution in [3.8, 4) is 5.75 Å². The molecule has 0 saturated carbocycles. The zero-order chi connectivity index (χ0) is 15.9. The van der Waals surface area contributed by atoms with Crippen LogP contribution in [0.1, 0.15) is 11.1 Å². The summed E-state index contributed by atoms with van der Waals surface area (Å²) in [5.74, 6) is -0.500. The van der Waals surface area contributed by atoms with Crippen LogP contribution in [0.25, 0.3) is 6.08 Å². The molecule has 0 fully saturated rings. The van der Waals surface area contributed by atoms with Gasteiger partial charge in [-0.3, -0.25) is 4.79 Å². The average molecular weight is 303 g/mol. The maximum atomic E-state index is 12.3. The lowest BCUT2D eigenvalue weighted by molar-refractivity contribution is -0.111. The molecule has 0 aromatic heterocycles. The van der Waals surface area contributed by atoms with Gasteiger partial charge in [-0.2, -0.15) is 8.78 Å². The molecule has 2 aromatic carbocycles. The van der Waals surface area contributed by atoms with Crippen LogP contribution in [0.2, 0.25) is 0 Å². The molecule has 5 heteroatoms. The number of ether oxygens (including phenoxy) is 1. The van der Waals surface area contributed by atoms with Gasteiger partial charge in [0, 0.05) is 6.08 Å². The minimum Gasteiger partial charge on any atom is -0.433 e. The number of nitrogens with one attached hydrogen (secondary N) is 1. The van der Waals surface area contributed by atoms with Gasteiger partial charge in [-0.25, -0.2) is 0 Å². The van der Waals surface area contributed by atoms with Crippen LogP contribution in [0.15, 0.2) is 54.6 Å². The molecular weight excluding hydrogens is 288 g/mol. The van der Waals surface area contributed by atoms with Crippen LogP contribution in [0.5, 0.6) is 5.75 Å². The van der Waals surface area contributed by atoms with Crippen molar-refractivity contribution in [3.63, 3.8) is 0 Å². The van der Waals surface area contributed by atoms with Gasteiger partial charge in [0.05, 0.1) is 5.69 Å². The standard InChI is InChI=1S/C17H15F2NO2/c1-12-6-8-13(9-7-12)10-11-16(21)20-14-4-2-3-5-15(14)22-17(18)19/h2-11,17H,1H3,(H,20,21)/b11-10+. The summed E-state index contributed by atoms with van der Waals surface area (Å²) in [6.45, 7) is -0.971. The third kappa shape index (κ3) is 4.70. The number of hydrogen-bond acceptors (Lipinski definition) is 2. The van der Waals surface area contributed by atoms with Gasteiger partial charge in [0.1, 0.15) is 5.75 Å². The van der Waals surface area contributed by atoms with Crippen LogP contribution in [0.4, 0.5) is 14.5 Å². The number of alkyl halides is 2. The second kappa shape index (κ2) is 7.36. The number of hydrogen-bond donors (Lipinski definition) is 1. The Morgan fingerprint density at radius 3 is 2.50 bits per heavy atom. The number of rotatable bonds is 5. The molecule has 2 rings (SSSR count). The highest BCUT2D eigenvalue weighted by Gasteiger charge is 2.10. The molecule has 0 aliphatic rings. The Kier molecular flexibility index (Phi) is 5.25. The quantitative estimate of drug-likeness (QED) is 0.839. The number of carbonyl (C=O) groups excluding carboxylic acids is 1. The Morgan fingerprint density at radius 2 is 1.82 bits per heavy atom. The van der Waals surface area contributed by atoms with E-state index < -0.39 is 12.5 Å². The van der Waals surface area contributed by atoms with E-state index in [1.807, 2.05) is 31.2 Å². The number of anilines is 1. The number of para-hydroxylation sites is 2. The first-order valence-corrected chi connectivity index (χ1v) is 6.64. The van der Waals surface area contributed by atoms with E-state index in [0.29, 0.717) is 0 Å². The van der Waals surface area contributed by atoms with Crippen molar-refractivity contribution < 1.29 is 18.3 Å². The predicted octanol–water partition coefficient (Wildman–Crippen LogP) is 4.25. The van der Waals surface area contributed by atoms with E-state index in [9.17, 15) is 13.6 Å². The molecule has 3 nitrogen and oxygen atoms in total. The molecule has 0 bridgehead atoms. The lowest BCUT2D eigenvalue weighted by Crippen LogP contribution is -2.11. The van der Waals surface area contributed by atoms with Gasteiger partial charge in [-0.15, -0.1) is 0 Å². The molecule has 0 aliphatic heterocycles. The Hall–Kier alpha value is -2.69. The maximum Gasteiger partial charge on any atom is 0.387 e. The summed E-state index contributed by atoms with van der Waals surface area (Å²) in [5, 5.41) is 2.51. The molecule has 0 radical (unpaired) electrons. The summed E-state index contributed by atoms with van der Waals surface area (Å²) in [4.78, 5) is 11.8. The van der Waals surface area contributed by atoms with Crippen molar-refractivity contribution in [1.29, 1.82) is 0 Å². The number of carbonyl (C=O) groups is 1. The van der Waals surface area contributed by atoms with Gasteiger partial charge in [-0.1, -0.05) is 42.0 Å². The molecule has 1 amide bonds. The average Bonchev–Trinajstić information content (AvgIpc) is 2.48. The first-order chi connectivity index (χ1) is 10.5. The summed E-state index contributed by atoms with van der Waals surface area (Å²) in [6, 6.07) is 13.7. The Labute approximate surface area is 127 Å². The van der Waals surface area contributed by atoms with Crippen LogP contribution < -0.4 is 10.1 Å². The predicted molar refractivity (Wildman–Crippen MR) is 81.9 cm³/mol. The van der Waals surface area contributed by atoms with Gasteiger partial charge in [0.15, 0.2) is 0 Å². The summed E-state index contributed by atoms with van der Waals surface area (Å²) in [5.41, 5.74) is 2.19. The molecule has 114 valence electrons. The molecule has 22 heavy (non-hydrogen) atoms. The third-order valence-corrected chi connectivity index (χ3v) is 2.87. The zero-order valence-corrected chi connectivity index (χ0v) is 11.9. The van der Waals surface area contributed by atoms with Gasteiger partial charge in [0.25, 0.3) is 0 Å². The van der Waals surface area contributed by atoms with Crippen molar-refractivity contribution in [2.75, 3.05) is 5.32 Å². The maximum absolute atomic E-state index is 12.3. The molecule has 0 saturated heterocycles. The minimum absolute atomic E-state index is 0.0745. The van der Waals surface area contributed by atoms with Gasteiger partial charge in [0.2, 0.25) is 5.91 Å². The van der Waals surface area contributed by atoms with Crippen LogP contribution >= 0.6 is 0 Å². The highest BCUT2D eigenvalue weighted by Crippen LogP contribution is 2.25. The van der Waals surface area contributed by atoms with E-state index in [2.05, 4.69) is 10.1 Å². The SMILES string of the molecule is Cc1ccc(/C=C/C(=O)Nc2ccccc2OC(F)F)cc1. The summed E-state index contributed by atoms with van der Waals surface area (Å²) in [6.07, 6.45) is 2.98. The van der Waals surface area contributed by atoms with Crippen LogP contribution in [-0.2, 0) is 4.79 Å². The van der Waals surface area contributed by atoms with E-state index >= 15 is 0 Å². The second-order valence-corrected chi connectivity index (χ2v) is 4.61. The molecule has 2 aromatic rings. The Bertz CT molecular complexity index is 667. The lowest BCUT2D eigenvalue weighted by atomic mass is 10.1. The molecule has 1 N–H and O–H groups in total. The fourth-order valence-electron chi connectivity index (χ4n) is 1.79. The largest absolute Gasteiger partial charge is 0.433 e. The first kappa shape index (κ1) is 15.7. The number of benzene rings is 2. The molecular formula is C17H15F2NO2. The van der Waals surface area contributed by atoms with E-state index in [1.165, 1.54) is 18.2 Å². The minimum atomic E-state index is -2.94. The molecule has 0 unspecified atom stereocenters. The summed E-state index contributed by atoms with van der Waals surface area (Å²) < 4.78 is 28.9. The van der Waals surface area contributed by atoms with E-state index in [0.717, 1.165) is 11.1 Å². The van der Waals surface area contributed by atoms with E-state index in [-0.39, 0.29) is 11.4 Å². The third-order valence-electron chi connectivity index (χ3n) is 2.87. The molecule has 0 aliphatic carbocycles. The highest BCUT2D eigenvalue weighted by atomic mass is 19.3. The van der Waals surface area contributed by atoms with E-state index in [4.69, 9.17) is 0 Å². The number of halogens is 2. The van der Waals surface area contributed by atoms with Crippen molar-refractivity contribution in [3.05, 3.63) is 65.7 Å². The van der Waals surface area contributed by atoms with Crippen molar-refractivity contribution in [1.82, 2.24) is 0 Å². The molecule has 0 spiro atoms. The van der Waals surface area contributed by atoms with Crippen molar-refractivity contribution in [2.24, 2.45) is 0 Å². The fourth-order valence-corrected chi connectivity index (χ4v) is 1.79. The van der Waals surface area contributed by atoms with Gasteiger partial charge < -0.3 is 10.1 Å². The Morgan fingerprint density at radius 1 is 1.14 bits per heavy atom. The monoisotopic (exact) mass is 303 g/mol. The van der Waals surface area contributed by atoms with Crippen molar-refractivity contribution in [2.45, 2.75) is 13.5 Å². The topological polar surface area (TPSA) is 38.3 Å². The number of aryl methyl sites for hydroxylation is 1. The number of amides is 1. The molecule has 0 heterocycles. The zero-order valence-electron chi connectivity index (χ0n) is 11.9. The van der Waals surface area contributed by atoms with Gasteiger partial charge in [-0.05, 0) is 30.7 Å². The van der Waals surface area contributed by atoms with Crippen LogP contribution in [0.3, 0.4) is 0 Å². The smallest absolute Gasteiger partial charge is 0.387 e. The normalized spacial score (nSPS) is 10.9. The van der Waals surface area contributed by atoms with E-state index in [1.54, 1.807) is 18.2 Å². The summed E-state index contributed by atoms with van der Waals surface area (Å²) in [7, 11) is 0. The van der Waals surface area contributed by atoms with Crippen LogP contribution in [-0.4, -0.2) is 12.5 Å².